The predicted molar refractivity (Wildman–Crippen MR) is 113 cm³/mol. The molecule has 1 aromatic heterocycles. The average molecular weight is 369 g/mol. The Balaban J connectivity index is 1.43. The van der Waals surface area contributed by atoms with E-state index in [4.69, 9.17) is 0 Å². The van der Waals surface area contributed by atoms with Gasteiger partial charge in [0.2, 0.25) is 5.91 Å². The van der Waals surface area contributed by atoms with Gasteiger partial charge >= 0.3 is 0 Å². The second-order valence-electron chi connectivity index (χ2n) is 6.45. The summed E-state index contributed by atoms with van der Waals surface area (Å²) < 4.78 is 1.42. The Hall–Kier alpha value is -3.86. The SMILES string of the molecule is O=C(Cn1ccc2ccccc2c1=O)Nc1ccc(Nc2ccccc2)cc1. The molecule has 4 rings (SSSR count). The van der Waals surface area contributed by atoms with E-state index >= 15 is 0 Å². The van der Waals surface area contributed by atoms with E-state index in [-0.39, 0.29) is 18.0 Å². The van der Waals surface area contributed by atoms with E-state index in [0.29, 0.717) is 11.1 Å². The fourth-order valence-electron chi connectivity index (χ4n) is 3.03. The number of rotatable bonds is 5. The van der Waals surface area contributed by atoms with Gasteiger partial charge in [0.05, 0.1) is 0 Å². The van der Waals surface area contributed by atoms with Gasteiger partial charge in [0.25, 0.3) is 5.56 Å². The van der Waals surface area contributed by atoms with Crippen LogP contribution < -0.4 is 16.2 Å². The summed E-state index contributed by atoms with van der Waals surface area (Å²) in [6.45, 7) is -0.0340. The van der Waals surface area contributed by atoms with Crippen LogP contribution in [0.5, 0.6) is 0 Å². The van der Waals surface area contributed by atoms with Crippen molar-refractivity contribution in [1.82, 2.24) is 4.57 Å². The number of hydrogen-bond acceptors (Lipinski definition) is 3. The fourth-order valence-corrected chi connectivity index (χ4v) is 3.03. The molecule has 28 heavy (non-hydrogen) atoms. The molecule has 0 aliphatic carbocycles. The number of fused-ring (bicyclic) bond motifs is 1. The zero-order chi connectivity index (χ0) is 19.3. The fraction of sp³-hybridized carbons (Fsp3) is 0.0435. The van der Waals surface area contributed by atoms with Gasteiger partial charge in [0.1, 0.15) is 6.54 Å². The normalized spacial score (nSPS) is 10.6. The summed E-state index contributed by atoms with van der Waals surface area (Å²) in [7, 11) is 0. The summed E-state index contributed by atoms with van der Waals surface area (Å²) >= 11 is 0. The van der Waals surface area contributed by atoms with Crippen molar-refractivity contribution in [1.29, 1.82) is 0 Å². The molecule has 3 aromatic carbocycles. The minimum atomic E-state index is -0.249. The molecule has 0 unspecified atom stereocenters. The van der Waals surface area contributed by atoms with Crippen LogP contribution in [0.15, 0.2) is 95.9 Å². The lowest BCUT2D eigenvalue weighted by Gasteiger charge is -2.10. The van der Waals surface area contributed by atoms with Crippen molar-refractivity contribution in [3.05, 3.63) is 101 Å². The van der Waals surface area contributed by atoms with Gasteiger partial charge in [-0.1, -0.05) is 36.4 Å². The molecule has 0 fully saturated rings. The number of anilines is 3. The zero-order valence-corrected chi connectivity index (χ0v) is 15.1. The number of carbonyl (C=O) groups excluding carboxylic acids is 1. The summed E-state index contributed by atoms with van der Waals surface area (Å²) in [6.07, 6.45) is 1.65. The molecule has 0 spiro atoms. The van der Waals surface area contributed by atoms with Crippen LogP contribution in [0.2, 0.25) is 0 Å². The lowest BCUT2D eigenvalue weighted by atomic mass is 10.2. The monoisotopic (exact) mass is 369 g/mol. The third kappa shape index (κ3) is 3.94. The molecule has 0 saturated heterocycles. The van der Waals surface area contributed by atoms with Gasteiger partial charge in [0.15, 0.2) is 0 Å². The van der Waals surface area contributed by atoms with Crippen molar-refractivity contribution in [2.75, 3.05) is 10.6 Å². The van der Waals surface area contributed by atoms with Gasteiger partial charge in [0, 0.05) is 28.6 Å². The molecular weight excluding hydrogens is 350 g/mol. The van der Waals surface area contributed by atoms with E-state index in [9.17, 15) is 9.59 Å². The number of amides is 1. The van der Waals surface area contributed by atoms with E-state index in [1.165, 1.54) is 4.57 Å². The van der Waals surface area contributed by atoms with Gasteiger partial charge < -0.3 is 15.2 Å². The van der Waals surface area contributed by atoms with Crippen molar-refractivity contribution >= 4 is 33.7 Å². The molecule has 0 radical (unpaired) electrons. The lowest BCUT2D eigenvalue weighted by Crippen LogP contribution is -2.27. The largest absolute Gasteiger partial charge is 0.356 e. The maximum absolute atomic E-state index is 12.5. The summed E-state index contributed by atoms with van der Waals surface area (Å²) in [6, 6.07) is 26.5. The molecule has 0 aliphatic rings. The number of hydrogen-bond donors (Lipinski definition) is 2. The van der Waals surface area contributed by atoms with Crippen LogP contribution >= 0.6 is 0 Å². The van der Waals surface area contributed by atoms with Gasteiger partial charge in [-0.05, 0) is 53.9 Å². The Morgan fingerprint density at radius 2 is 1.39 bits per heavy atom. The molecule has 0 saturated carbocycles. The highest BCUT2D eigenvalue weighted by molar-refractivity contribution is 5.91. The Kier molecular flexibility index (Phi) is 4.89. The predicted octanol–water partition coefficient (Wildman–Crippen LogP) is 4.38. The number of aromatic nitrogens is 1. The number of pyridine rings is 1. The van der Waals surface area contributed by atoms with Crippen LogP contribution in [0.25, 0.3) is 10.8 Å². The number of nitrogens with one attached hydrogen (secondary N) is 2. The quantitative estimate of drug-likeness (QED) is 0.549. The number of nitrogens with zero attached hydrogens (tertiary/aromatic N) is 1. The highest BCUT2D eigenvalue weighted by atomic mass is 16.2. The van der Waals surface area contributed by atoms with Crippen LogP contribution in [0.1, 0.15) is 0 Å². The first-order valence-electron chi connectivity index (χ1n) is 8.99. The van der Waals surface area contributed by atoms with Gasteiger partial charge in [-0.25, -0.2) is 0 Å². The maximum atomic E-state index is 12.5. The molecule has 0 bridgehead atoms. The van der Waals surface area contributed by atoms with Crippen LogP contribution in [0.4, 0.5) is 17.1 Å². The van der Waals surface area contributed by atoms with Crippen molar-refractivity contribution in [3.8, 4) is 0 Å². The van der Waals surface area contributed by atoms with E-state index in [1.807, 2.05) is 78.9 Å². The molecule has 5 nitrogen and oxygen atoms in total. The molecule has 4 aromatic rings. The van der Waals surface area contributed by atoms with E-state index in [2.05, 4.69) is 10.6 Å². The Bertz CT molecular complexity index is 1170. The first-order valence-corrected chi connectivity index (χ1v) is 8.99. The molecule has 0 aliphatic heterocycles. The highest BCUT2D eigenvalue weighted by Gasteiger charge is 2.07. The molecule has 5 heteroatoms. The van der Waals surface area contributed by atoms with E-state index in [0.717, 1.165) is 16.8 Å². The van der Waals surface area contributed by atoms with Crippen LogP contribution in [0.3, 0.4) is 0 Å². The second-order valence-corrected chi connectivity index (χ2v) is 6.45. The average Bonchev–Trinajstić information content (AvgIpc) is 2.72. The first kappa shape index (κ1) is 17.5. The molecule has 2 N–H and O–H groups in total. The standard InChI is InChI=1S/C23H19N3O2/c27-22(16-26-15-14-17-6-4-5-9-21(17)23(26)28)25-20-12-10-19(11-13-20)24-18-7-2-1-3-8-18/h1-15,24H,16H2,(H,25,27). The van der Waals surface area contributed by atoms with Crippen LogP contribution in [-0.2, 0) is 11.3 Å². The van der Waals surface area contributed by atoms with Gasteiger partial charge in [-0.3, -0.25) is 9.59 Å². The van der Waals surface area contributed by atoms with E-state index in [1.54, 1.807) is 12.3 Å². The molecule has 1 amide bonds. The Morgan fingerprint density at radius 1 is 0.750 bits per heavy atom. The lowest BCUT2D eigenvalue weighted by molar-refractivity contribution is -0.116. The first-order chi connectivity index (χ1) is 13.7. The maximum Gasteiger partial charge on any atom is 0.258 e. The minimum absolute atomic E-state index is 0.0340. The van der Waals surface area contributed by atoms with Crippen molar-refractivity contribution in [2.45, 2.75) is 6.54 Å². The summed E-state index contributed by atoms with van der Waals surface area (Å²) in [4.78, 5) is 24.9. The Labute approximate surface area is 162 Å². The minimum Gasteiger partial charge on any atom is -0.356 e. The number of carbonyl (C=O) groups is 1. The third-order valence-electron chi connectivity index (χ3n) is 4.43. The van der Waals surface area contributed by atoms with Crippen molar-refractivity contribution in [2.24, 2.45) is 0 Å². The summed E-state index contributed by atoms with van der Waals surface area (Å²) in [5, 5.41) is 7.59. The molecule has 138 valence electrons. The highest BCUT2D eigenvalue weighted by Crippen LogP contribution is 2.18. The molecule has 0 atom stereocenters. The van der Waals surface area contributed by atoms with Gasteiger partial charge in [-0.2, -0.15) is 0 Å². The van der Waals surface area contributed by atoms with Gasteiger partial charge in [-0.15, -0.1) is 0 Å². The topological polar surface area (TPSA) is 63.1 Å². The van der Waals surface area contributed by atoms with Crippen LogP contribution in [0, 0.1) is 0 Å². The molecular formula is C23H19N3O2. The van der Waals surface area contributed by atoms with Crippen molar-refractivity contribution in [3.63, 3.8) is 0 Å². The Morgan fingerprint density at radius 3 is 2.18 bits per heavy atom. The second kappa shape index (κ2) is 7.80. The molecule has 1 heterocycles. The summed E-state index contributed by atoms with van der Waals surface area (Å²) in [5.41, 5.74) is 2.43. The zero-order valence-electron chi connectivity index (χ0n) is 15.1. The number of benzene rings is 3. The van der Waals surface area contributed by atoms with Crippen LogP contribution in [-0.4, -0.2) is 10.5 Å². The smallest absolute Gasteiger partial charge is 0.258 e. The summed E-state index contributed by atoms with van der Waals surface area (Å²) in [5.74, 6) is -0.249. The third-order valence-corrected chi connectivity index (χ3v) is 4.43. The van der Waals surface area contributed by atoms with Crippen molar-refractivity contribution < 1.29 is 4.79 Å². The van der Waals surface area contributed by atoms with E-state index < -0.39 is 0 Å². The number of para-hydroxylation sites is 1.